The van der Waals surface area contributed by atoms with Crippen molar-refractivity contribution < 1.29 is 27.1 Å². The smallest absolute Gasteiger partial charge is 0.393 e. The van der Waals surface area contributed by atoms with Gasteiger partial charge < -0.3 is 20.6 Å². The van der Waals surface area contributed by atoms with E-state index in [1.165, 1.54) is 17.0 Å². The molecule has 0 amide bonds. The van der Waals surface area contributed by atoms with Crippen LogP contribution in [0.5, 0.6) is 0 Å². The first kappa shape index (κ1) is 20.6. The fourth-order valence-electron chi connectivity index (χ4n) is 3.69. The lowest BCUT2D eigenvalue weighted by atomic mass is 10.0. The number of piperidine rings is 1. The number of aliphatic hydroxyl groups is 1. The summed E-state index contributed by atoms with van der Waals surface area (Å²) in [6.45, 7) is -0.180. The predicted molar refractivity (Wildman–Crippen MR) is 101 cm³/mol. The fraction of sp³-hybridized carbons (Fsp3) is 0.474. The van der Waals surface area contributed by atoms with Gasteiger partial charge in [0.15, 0.2) is 0 Å². The van der Waals surface area contributed by atoms with Crippen LogP contribution in [0.3, 0.4) is 0 Å². The van der Waals surface area contributed by atoms with Crippen molar-refractivity contribution in [3.8, 4) is 11.1 Å². The van der Waals surface area contributed by atoms with Gasteiger partial charge in [-0.25, -0.2) is 18.7 Å². The molecule has 2 aliphatic rings. The third-order valence-electron chi connectivity index (χ3n) is 5.30. The number of anilines is 3. The molecular weight excluding hydrogens is 409 g/mol. The minimum absolute atomic E-state index is 0.163. The maximum Gasteiger partial charge on any atom is 0.417 e. The molecule has 4 heterocycles. The summed E-state index contributed by atoms with van der Waals surface area (Å²) >= 11 is 0. The molecule has 2 saturated heterocycles. The number of hydrogen-bond donors (Lipinski definition) is 2. The van der Waals surface area contributed by atoms with Gasteiger partial charge in [-0.3, -0.25) is 0 Å². The lowest BCUT2D eigenvalue weighted by molar-refractivity contribution is -0.137. The summed E-state index contributed by atoms with van der Waals surface area (Å²) in [6.07, 6.45) is -3.11. The molecular formula is C19H20F5N5O. The summed E-state index contributed by atoms with van der Waals surface area (Å²) in [5, 5.41) is 9.72. The topological polar surface area (TPSA) is 78.5 Å². The molecule has 0 aromatic carbocycles. The number of rotatable bonds is 3. The van der Waals surface area contributed by atoms with Gasteiger partial charge >= 0.3 is 6.18 Å². The van der Waals surface area contributed by atoms with Gasteiger partial charge in [-0.05, 0) is 36.6 Å². The molecule has 30 heavy (non-hydrogen) atoms. The molecule has 2 aromatic rings. The zero-order valence-corrected chi connectivity index (χ0v) is 15.8. The molecule has 0 aliphatic carbocycles. The van der Waals surface area contributed by atoms with E-state index in [-0.39, 0.29) is 22.8 Å². The maximum absolute atomic E-state index is 13.6. The Morgan fingerprint density at radius 1 is 1.03 bits per heavy atom. The van der Waals surface area contributed by atoms with Crippen LogP contribution in [0.15, 0.2) is 24.4 Å². The maximum atomic E-state index is 13.6. The minimum atomic E-state index is -4.67. The number of nitrogens with zero attached hydrogens (tertiary/aromatic N) is 4. The highest BCUT2D eigenvalue weighted by atomic mass is 19.4. The third-order valence-corrected chi connectivity index (χ3v) is 5.30. The quantitative estimate of drug-likeness (QED) is 0.730. The number of aliphatic hydroxyl groups excluding tert-OH is 1. The highest BCUT2D eigenvalue weighted by Gasteiger charge is 2.45. The van der Waals surface area contributed by atoms with E-state index in [9.17, 15) is 27.1 Å². The van der Waals surface area contributed by atoms with Gasteiger partial charge in [0.1, 0.15) is 17.5 Å². The molecule has 2 aliphatic heterocycles. The number of hydrogen-bond acceptors (Lipinski definition) is 6. The zero-order valence-electron chi connectivity index (χ0n) is 15.8. The Kier molecular flexibility index (Phi) is 4.95. The number of aromatic nitrogens is 2. The summed E-state index contributed by atoms with van der Waals surface area (Å²) in [6, 6.07) is 3.60. The van der Waals surface area contributed by atoms with Crippen LogP contribution in [0.4, 0.5) is 39.4 Å². The number of nitrogen functional groups attached to an aromatic ring is 1. The van der Waals surface area contributed by atoms with Gasteiger partial charge in [-0.15, -0.1) is 0 Å². The van der Waals surface area contributed by atoms with Crippen LogP contribution in [0, 0.1) is 0 Å². The second kappa shape index (κ2) is 7.22. The third kappa shape index (κ3) is 4.11. The summed E-state index contributed by atoms with van der Waals surface area (Å²) < 4.78 is 67.6. The van der Waals surface area contributed by atoms with Crippen LogP contribution in [-0.4, -0.2) is 53.3 Å². The Bertz CT molecular complexity index is 935. The average molecular weight is 429 g/mol. The zero-order chi connectivity index (χ0) is 21.7. The van der Waals surface area contributed by atoms with E-state index in [0.29, 0.717) is 31.7 Å². The molecule has 6 nitrogen and oxygen atoms in total. The van der Waals surface area contributed by atoms with E-state index in [1.807, 2.05) is 4.90 Å². The molecule has 3 N–H and O–H groups in total. The summed E-state index contributed by atoms with van der Waals surface area (Å²) in [5.41, 5.74) is 4.46. The van der Waals surface area contributed by atoms with E-state index in [1.54, 1.807) is 0 Å². The molecule has 11 heteroatoms. The average Bonchev–Trinajstić information content (AvgIpc) is 2.65. The molecule has 162 valence electrons. The summed E-state index contributed by atoms with van der Waals surface area (Å²) in [5.74, 6) is -2.58. The van der Waals surface area contributed by atoms with Crippen LogP contribution in [-0.2, 0) is 6.18 Å². The van der Waals surface area contributed by atoms with Crippen molar-refractivity contribution in [1.82, 2.24) is 9.97 Å². The lowest BCUT2D eigenvalue weighted by Crippen LogP contribution is -2.56. The molecule has 0 unspecified atom stereocenters. The standard InChI is InChI=1S/C19H20F5N5O/c20-18(21)9-29(10-18)17-6-11(5-16(27-17)28-3-1-12(30)2-4-28)13-8-26-15(25)7-14(13)19(22,23)24/h5-8,12,30H,1-4,9-10H2,(H2,25,26). The Labute approximate surface area is 169 Å². The van der Waals surface area contributed by atoms with E-state index in [2.05, 4.69) is 9.97 Å². The van der Waals surface area contributed by atoms with Gasteiger partial charge in [0.05, 0.1) is 24.8 Å². The van der Waals surface area contributed by atoms with Crippen LogP contribution in [0.2, 0.25) is 0 Å². The highest BCUT2D eigenvalue weighted by molar-refractivity contribution is 5.74. The first-order valence-corrected chi connectivity index (χ1v) is 9.43. The summed E-state index contributed by atoms with van der Waals surface area (Å²) in [4.78, 5) is 11.4. The van der Waals surface area contributed by atoms with Crippen molar-refractivity contribution in [3.05, 3.63) is 30.0 Å². The second-order valence-corrected chi connectivity index (χ2v) is 7.65. The van der Waals surface area contributed by atoms with Gasteiger partial charge in [0, 0.05) is 24.8 Å². The first-order valence-electron chi connectivity index (χ1n) is 9.43. The van der Waals surface area contributed by atoms with Gasteiger partial charge in [0.2, 0.25) is 0 Å². The molecule has 2 fully saturated rings. The van der Waals surface area contributed by atoms with Crippen molar-refractivity contribution in [1.29, 1.82) is 0 Å². The Morgan fingerprint density at radius 2 is 1.63 bits per heavy atom. The van der Waals surface area contributed by atoms with Gasteiger partial charge in [0.25, 0.3) is 5.92 Å². The van der Waals surface area contributed by atoms with Crippen molar-refractivity contribution in [2.45, 2.75) is 31.0 Å². The van der Waals surface area contributed by atoms with Crippen molar-refractivity contribution >= 4 is 17.5 Å². The number of nitrogens with two attached hydrogens (primary N) is 1. The van der Waals surface area contributed by atoms with Crippen LogP contribution in [0.25, 0.3) is 11.1 Å². The highest BCUT2D eigenvalue weighted by Crippen LogP contribution is 2.40. The van der Waals surface area contributed by atoms with E-state index >= 15 is 0 Å². The number of halogens is 5. The number of alkyl halides is 5. The molecule has 0 saturated carbocycles. The predicted octanol–water partition coefficient (Wildman–Crippen LogP) is 3.16. The molecule has 4 rings (SSSR count). The van der Waals surface area contributed by atoms with Crippen molar-refractivity contribution in [2.24, 2.45) is 0 Å². The summed E-state index contributed by atoms with van der Waals surface area (Å²) in [7, 11) is 0. The largest absolute Gasteiger partial charge is 0.417 e. The Morgan fingerprint density at radius 3 is 2.20 bits per heavy atom. The van der Waals surface area contributed by atoms with E-state index < -0.39 is 36.9 Å². The van der Waals surface area contributed by atoms with E-state index in [4.69, 9.17) is 5.73 Å². The van der Waals surface area contributed by atoms with Crippen molar-refractivity contribution in [3.63, 3.8) is 0 Å². The van der Waals surface area contributed by atoms with Crippen molar-refractivity contribution in [2.75, 3.05) is 41.7 Å². The fourth-order valence-corrected chi connectivity index (χ4v) is 3.69. The van der Waals surface area contributed by atoms with E-state index in [0.717, 1.165) is 12.3 Å². The molecule has 2 aromatic heterocycles. The minimum Gasteiger partial charge on any atom is -0.393 e. The number of pyridine rings is 2. The SMILES string of the molecule is Nc1cc(C(F)(F)F)c(-c2cc(N3CCC(O)CC3)nc(N3CC(F)(F)C3)c2)cn1. The van der Waals surface area contributed by atoms with Crippen LogP contribution in [0.1, 0.15) is 18.4 Å². The first-order chi connectivity index (χ1) is 14.0. The lowest BCUT2D eigenvalue weighted by Gasteiger charge is -2.40. The Balaban J connectivity index is 1.79. The molecule has 0 bridgehead atoms. The Hall–Kier alpha value is -2.69. The second-order valence-electron chi connectivity index (χ2n) is 7.65. The normalized spacial score (nSPS) is 19.7. The van der Waals surface area contributed by atoms with Crippen LogP contribution >= 0.6 is 0 Å². The monoisotopic (exact) mass is 429 g/mol. The molecule has 0 radical (unpaired) electrons. The van der Waals surface area contributed by atoms with Gasteiger partial charge in [-0.1, -0.05) is 0 Å². The van der Waals surface area contributed by atoms with Gasteiger partial charge in [-0.2, -0.15) is 13.2 Å². The molecule has 0 atom stereocenters. The van der Waals surface area contributed by atoms with Crippen LogP contribution < -0.4 is 15.5 Å². The molecule has 0 spiro atoms.